The van der Waals surface area contributed by atoms with Crippen LogP contribution in [0.1, 0.15) is 22.9 Å². The van der Waals surface area contributed by atoms with Crippen molar-refractivity contribution in [3.8, 4) is 5.75 Å². The number of hydrogen-bond donors (Lipinski definition) is 1. The number of ether oxygens (including phenoxy) is 1. The summed E-state index contributed by atoms with van der Waals surface area (Å²) < 4.78 is 18.5. The Morgan fingerprint density at radius 2 is 1.58 bits per heavy atom. The van der Waals surface area contributed by atoms with E-state index in [2.05, 4.69) is 15.3 Å². The number of anilines is 1. The molecule has 24 heavy (non-hydrogen) atoms. The average molecular weight is 323 g/mol. The highest BCUT2D eigenvalue weighted by Crippen LogP contribution is 2.27. The summed E-state index contributed by atoms with van der Waals surface area (Å²) in [6.07, 6.45) is 1.71. The molecule has 0 radical (unpaired) electrons. The Morgan fingerprint density at radius 1 is 0.958 bits per heavy atom. The minimum Gasteiger partial charge on any atom is -0.497 e. The zero-order chi connectivity index (χ0) is 16.9. The largest absolute Gasteiger partial charge is 0.497 e. The van der Waals surface area contributed by atoms with Crippen LogP contribution in [0.2, 0.25) is 0 Å². The van der Waals surface area contributed by atoms with Crippen LogP contribution in [0, 0.1) is 12.7 Å². The molecule has 4 nitrogen and oxygen atoms in total. The fourth-order valence-corrected chi connectivity index (χ4v) is 2.46. The van der Waals surface area contributed by atoms with E-state index in [-0.39, 0.29) is 11.9 Å². The van der Waals surface area contributed by atoms with E-state index in [1.165, 1.54) is 12.1 Å². The van der Waals surface area contributed by atoms with Crippen molar-refractivity contribution in [3.63, 3.8) is 0 Å². The van der Waals surface area contributed by atoms with Crippen molar-refractivity contribution in [2.45, 2.75) is 13.0 Å². The minimum absolute atomic E-state index is 0.196. The van der Waals surface area contributed by atoms with Gasteiger partial charge in [0.2, 0.25) is 5.95 Å². The Bertz CT molecular complexity index is 804. The van der Waals surface area contributed by atoms with Crippen molar-refractivity contribution in [3.05, 3.63) is 83.4 Å². The third kappa shape index (κ3) is 3.68. The lowest BCUT2D eigenvalue weighted by atomic mass is 9.98. The third-order valence-electron chi connectivity index (χ3n) is 3.72. The number of halogens is 1. The maximum absolute atomic E-state index is 13.3. The van der Waals surface area contributed by atoms with Gasteiger partial charge in [0.05, 0.1) is 13.2 Å². The first-order valence-electron chi connectivity index (χ1n) is 7.61. The summed E-state index contributed by atoms with van der Waals surface area (Å²) in [5.74, 6) is 1.04. The van der Waals surface area contributed by atoms with Gasteiger partial charge >= 0.3 is 0 Å². The number of nitrogens with one attached hydrogen (secondary N) is 1. The molecule has 0 aliphatic carbocycles. The van der Waals surface area contributed by atoms with Crippen LogP contribution in [-0.2, 0) is 0 Å². The van der Waals surface area contributed by atoms with Crippen LogP contribution >= 0.6 is 0 Å². The first kappa shape index (κ1) is 15.9. The number of aromatic nitrogens is 2. The summed E-state index contributed by atoms with van der Waals surface area (Å²) in [4.78, 5) is 8.65. The first-order valence-corrected chi connectivity index (χ1v) is 7.61. The lowest BCUT2D eigenvalue weighted by Gasteiger charge is -2.20. The second-order valence-electron chi connectivity index (χ2n) is 5.42. The van der Waals surface area contributed by atoms with Gasteiger partial charge in [-0.3, -0.25) is 0 Å². The zero-order valence-corrected chi connectivity index (χ0v) is 13.5. The highest BCUT2D eigenvalue weighted by molar-refractivity contribution is 5.42. The summed E-state index contributed by atoms with van der Waals surface area (Å²) >= 11 is 0. The highest BCUT2D eigenvalue weighted by Gasteiger charge is 2.15. The van der Waals surface area contributed by atoms with Crippen LogP contribution < -0.4 is 10.1 Å². The minimum atomic E-state index is -0.265. The van der Waals surface area contributed by atoms with E-state index in [9.17, 15) is 4.39 Å². The maximum Gasteiger partial charge on any atom is 0.223 e. The predicted molar refractivity (Wildman–Crippen MR) is 91.6 cm³/mol. The summed E-state index contributed by atoms with van der Waals surface area (Å²) in [6.45, 7) is 1.91. The van der Waals surface area contributed by atoms with Crippen molar-refractivity contribution in [2.24, 2.45) is 0 Å². The van der Waals surface area contributed by atoms with Crippen LogP contribution in [0.25, 0.3) is 0 Å². The van der Waals surface area contributed by atoms with Gasteiger partial charge < -0.3 is 10.1 Å². The van der Waals surface area contributed by atoms with E-state index < -0.39 is 0 Å². The summed E-state index contributed by atoms with van der Waals surface area (Å²) in [5.41, 5.74) is 2.80. The normalized spacial score (nSPS) is 11.8. The van der Waals surface area contributed by atoms with E-state index in [1.807, 2.05) is 37.3 Å². The molecule has 1 N–H and O–H groups in total. The van der Waals surface area contributed by atoms with Crippen LogP contribution in [0.15, 0.2) is 60.8 Å². The third-order valence-corrected chi connectivity index (χ3v) is 3.72. The molecule has 0 unspecified atom stereocenters. The van der Waals surface area contributed by atoms with Gasteiger partial charge in [-0.15, -0.1) is 0 Å². The summed E-state index contributed by atoms with van der Waals surface area (Å²) in [7, 11) is 1.63. The standard InChI is InChI=1S/C19H18FN3O/c1-13-11-12-21-19(22-13)23-18(14-3-7-16(20)8-4-14)15-5-9-17(24-2)10-6-15/h3-12,18H,1-2H3,(H,21,22,23)/t18-/m1/s1. The number of methoxy groups -OCH3 is 1. The smallest absolute Gasteiger partial charge is 0.223 e. The fraction of sp³-hybridized carbons (Fsp3) is 0.158. The number of hydrogen-bond acceptors (Lipinski definition) is 4. The second kappa shape index (κ2) is 7.08. The second-order valence-corrected chi connectivity index (χ2v) is 5.42. The van der Waals surface area contributed by atoms with Gasteiger partial charge in [-0.25, -0.2) is 14.4 Å². The van der Waals surface area contributed by atoms with E-state index >= 15 is 0 Å². The van der Waals surface area contributed by atoms with Crippen LogP contribution in [0.3, 0.4) is 0 Å². The van der Waals surface area contributed by atoms with Gasteiger partial charge in [-0.2, -0.15) is 0 Å². The van der Waals surface area contributed by atoms with Gasteiger partial charge in [0.25, 0.3) is 0 Å². The molecular formula is C19H18FN3O. The van der Waals surface area contributed by atoms with Crippen LogP contribution in [-0.4, -0.2) is 17.1 Å². The van der Waals surface area contributed by atoms with Gasteiger partial charge in [0.15, 0.2) is 0 Å². The number of aryl methyl sites for hydroxylation is 1. The molecule has 3 aromatic rings. The molecule has 0 saturated heterocycles. The van der Waals surface area contributed by atoms with Crippen molar-refractivity contribution < 1.29 is 9.13 Å². The molecular weight excluding hydrogens is 305 g/mol. The average Bonchev–Trinajstić information content (AvgIpc) is 2.61. The van der Waals surface area contributed by atoms with E-state index in [0.29, 0.717) is 5.95 Å². The molecule has 0 aliphatic rings. The lowest BCUT2D eigenvalue weighted by molar-refractivity contribution is 0.414. The molecule has 1 aromatic heterocycles. The Balaban J connectivity index is 1.97. The monoisotopic (exact) mass is 323 g/mol. The summed E-state index contributed by atoms with van der Waals surface area (Å²) in [6, 6.07) is 15.8. The lowest BCUT2D eigenvalue weighted by Crippen LogP contribution is -2.14. The molecule has 5 heteroatoms. The SMILES string of the molecule is COc1ccc([C@H](Nc2nccc(C)n2)c2ccc(F)cc2)cc1. The van der Waals surface area contributed by atoms with E-state index in [0.717, 1.165) is 22.6 Å². The van der Waals surface area contributed by atoms with Crippen LogP contribution in [0.4, 0.5) is 10.3 Å². The molecule has 0 aliphatic heterocycles. The molecule has 0 saturated carbocycles. The number of benzene rings is 2. The Kier molecular flexibility index (Phi) is 4.70. The molecule has 3 rings (SSSR count). The van der Waals surface area contributed by atoms with E-state index in [1.54, 1.807) is 25.4 Å². The van der Waals surface area contributed by atoms with Gasteiger partial charge in [0, 0.05) is 11.9 Å². The van der Waals surface area contributed by atoms with Gasteiger partial charge in [0.1, 0.15) is 11.6 Å². The molecule has 0 bridgehead atoms. The molecule has 0 amide bonds. The quantitative estimate of drug-likeness (QED) is 0.767. The molecule has 0 spiro atoms. The summed E-state index contributed by atoms with van der Waals surface area (Å²) in [5, 5.41) is 3.32. The van der Waals surface area contributed by atoms with Crippen molar-refractivity contribution >= 4 is 5.95 Å². The zero-order valence-electron chi connectivity index (χ0n) is 13.5. The van der Waals surface area contributed by atoms with Gasteiger partial charge in [-0.05, 0) is 48.4 Å². The molecule has 2 aromatic carbocycles. The van der Waals surface area contributed by atoms with E-state index in [4.69, 9.17) is 4.74 Å². The highest BCUT2D eigenvalue weighted by atomic mass is 19.1. The predicted octanol–water partition coefficient (Wildman–Crippen LogP) is 4.13. The van der Waals surface area contributed by atoms with Crippen LogP contribution in [0.5, 0.6) is 5.75 Å². The van der Waals surface area contributed by atoms with Crippen molar-refractivity contribution in [2.75, 3.05) is 12.4 Å². The molecule has 1 atom stereocenters. The fourth-order valence-electron chi connectivity index (χ4n) is 2.46. The topological polar surface area (TPSA) is 47.0 Å². The Labute approximate surface area is 140 Å². The number of rotatable bonds is 5. The number of nitrogens with zero attached hydrogens (tertiary/aromatic N) is 2. The molecule has 1 heterocycles. The molecule has 0 fully saturated rings. The molecule has 122 valence electrons. The van der Waals surface area contributed by atoms with Crippen molar-refractivity contribution in [1.29, 1.82) is 0 Å². The van der Waals surface area contributed by atoms with Crippen molar-refractivity contribution in [1.82, 2.24) is 9.97 Å². The van der Waals surface area contributed by atoms with Gasteiger partial charge in [-0.1, -0.05) is 24.3 Å². The first-order chi connectivity index (χ1) is 11.7. The Hall–Kier alpha value is -2.95. The maximum atomic E-state index is 13.3. The Morgan fingerprint density at radius 3 is 2.17 bits per heavy atom.